The predicted octanol–water partition coefficient (Wildman–Crippen LogP) is 4.88. The summed E-state index contributed by atoms with van der Waals surface area (Å²) in [5.74, 6) is -0.216. The number of benzene rings is 3. The van der Waals surface area contributed by atoms with Crippen molar-refractivity contribution in [3.8, 4) is 0 Å². The fourth-order valence-corrected chi connectivity index (χ4v) is 3.06. The summed E-state index contributed by atoms with van der Waals surface area (Å²) in [6.07, 6.45) is 0. The molecule has 5 heteroatoms. The third-order valence-corrected chi connectivity index (χ3v) is 5.03. The molecule has 0 radical (unpaired) electrons. The van der Waals surface area contributed by atoms with E-state index in [0.29, 0.717) is 5.56 Å². The lowest BCUT2D eigenvalue weighted by atomic mass is 10.1. The second-order valence-electron chi connectivity index (χ2n) is 5.43. The number of hydrogen-bond donors (Lipinski definition) is 2. The number of fused-ring (bicyclic) bond motifs is 1. The van der Waals surface area contributed by atoms with Crippen LogP contribution in [0.1, 0.15) is 15.9 Å². The Morgan fingerprint density at radius 2 is 1.75 bits per heavy atom. The maximum Gasteiger partial charge on any atom is 0.257 e. The van der Waals surface area contributed by atoms with E-state index in [0.717, 1.165) is 25.6 Å². The van der Waals surface area contributed by atoms with Gasteiger partial charge in [0.2, 0.25) is 0 Å². The Balaban J connectivity index is 1.69. The van der Waals surface area contributed by atoms with Gasteiger partial charge in [-0.2, -0.15) is 0 Å². The molecule has 3 nitrogen and oxygen atoms in total. The number of carbonyl (C=O) groups is 1. The molecule has 120 valence electrons. The van der Waals surface area contributed by atoms with Crippen LogP contribution in [-0.4, -0.2) is 11.0 Å². The molecule has 3 aromatic rings. The number of aryl methyl sites for hydroxylation is 1. The van der Waals surface area contributed by atoms with Crippen molar-refractivity contribution in [3.63, 3.8) is 0 Å². The first-order valence-corrected chi connectivity index (χ1v) is 8.89. The lowest BCUT2D eigenvalue weighted by Gasteiger charge is -2.11. The Bertz CT molecular complexity index is 940. The van der Waals surface area contributed by atoms with Crippen molar-refractivity contribution >= 4 is 62.3 Å². The van der Waals surface area contributed by atoms with Crippen LogP contribution in [-0.2, 0) is 0 Å². The highest BCUT2D eigenvalue weighted by Crippen LogP contribution is 2.19. The van der Waals surface area contributed by atoms with Gasteiger partial charge in [0.15, 0.2) is 5.11 Å². The van der Waals surface area contributed by atoms with E-state index in [1.807, 2.05) is 55.5 Å². The van der Waals surface area contributed by atoms with Crippen LogP contribution in [0.2, 0.25) is 0 Å². The number of hydrogen-bond acceptors (Lipinski definition) is 2. The first-order valence-electron chi connectivity index (χ1n) is 7.40. The minimum Gasteiger partial charge on any atom is -0.332 e. The summed E-state index contributed by atoms with van der Waals surface area (Å²) in [5, 5.41) is 8.33. The van der Waals surface area contributed by atoms with E-state index in [9.17, 15) is 4.79 Å². The molecule has 0 aliphatic rings. The van der Waals surface area contributed by atoms with Gasteiger partial charge in [0.05, 0.1) is 0 Å². The monoisotopic (exact) mass is 446 g/mol. The smallest absolute Gasteiger partial charge is 0.257 e. The third kappa shape index (κ3) is 3.91. The fraction of sp³-hybridized carbons (Fsp3) is 0.0526. The lowest BCUT2D eigenvalue weighted by Crippen LogP contribution is -2.34. The number of amides is 1. The van der Waals surface area contributed by atoms with Crippen molar-refractivity contribution in [3.05, 3.63) is 75.4 Å². The number of halogens is 1. The Morgan fingerprint density at radius 1 is 1.00 bits per heavy atom. The quantitative estimate of drug-likeness (QED) is 0.436. The number of rotatable bonds is 2. The summed E-state index contributed by atoms with van der Waals surface area (Å²) < 4.78 is 1.05. The van der Waals surface area contributed by atoms with E-state index in [1.54, 1.807) is 6.07 Å². The molecule has 0 saturated carbocycles. The van der Waals surface area contributed by atoms with Gasteiger partial charge in [-0.3, -0.25) is 10.1 Å². The maximum absolute atomic E-state index is 12.3. The van der Waals surface area contributed by atoms with Gasteiger partial charge in [-0.15, -0.1) is 0 Å². The maximum atomic E-state index is 12.3. The summed E-state index contributed by atoms with van der Waals surface area (Å²) >= 11 is 7.46. The molecule has 0 aliphatic carbocycles. The highest BCUT2D eigenvalue weighted by Gasteiger charge is 2.09. The van der Waals surface area contributed by atoms with E-state index in [-0.39, 0.29) is 11.0 Å². The average Bonchev–Trinajstić information content (AvgIpc) is 2.57. The summed E-state index contributed by atoms with van der Waals surface area (Å²) in [6, 6.07) is 19.6. The Hall–Kier alpha value is -1.99. The summed E-state index contributed by atoms with van der Waals surface area (Å²) in [4.78, 5) is 12.3. The molecule has 0 saturated heterocycles. The van der Waals surface area contributed by atoms with E-state index < -0.39 is 0 Å². The molecule has 2 N–H and O–H groups in total. The molecule has 0 spiro atoms. The second-order valence-corrected chi connectivity index (χ2v) is 7.00. The van der Waals surface area contributed by atoms with Crippen LogP contribution in [0, 0.1) is 10.5 Å². The van der Waals surface area contributed by atoms with Gasteiger partial charge in [-0.1, -0.05) is 36.4 Å². The van der Waals surface area contributed by atoms with Crippen LogP contribution < -0.4 is 10.6 Å². The van der Waals surface area contributed by atoms with Gasteiger partial charge in [0.1, 0.15) is 0 Å². The van der Waals surface area contributed by atoms with Gasteiger partial charge < -0.3 is 5.32 Å². The van der Waals surface area contributed by atoms with Gasteiger partial charge in [-0.05, 0) is 82.3 Å². The Labute approximate surface area is 159 Å². The molecule has 0 heterocycles. The van der Waals surface area contributed by atoms with Crippen molar-refractivity contribution in [2.24, 2.45) is 0 Å². The van der Waals surface area contributed by atoms with Gasteiger partial charge >= 0.3 is 0 Å². The van der Waals surface area contributed by atoms with Crippen LogP contribution >= 0.6 is 34.8 Å². The van der Waals surface area contributed by atoms with Crippen molar-refractivity contribution in [2.45, 2.75) is 6.92 Å². The van der Waals surface area contributed by atoms with E-state index in [2.05, 4.69) is 39.3 Å². The van der Waals surface area contributed by atoms with Gasteiger partial charge in [0.25, 0.3) is 5.91 Å². The lowest BCUT2D eigenvalue weighted by molar-refractivity contribution is 0.0977. The largest absolute Gasteiger partial charge is 0.332 e. The van der Waals surface area contributed by atoms with E-state index in [1.165, 1.54) is 0 Å². The van der Waals surface area contributed by atoms with Gasteiger partial charge in [-0.25, -0.2) is 0 Å². The van der Waals surface area contributed by atoms with Crippen LogP contribution in [0.25, 0.3) is 10.8 Å². The highest BCUT2D eigenvalue weighted by molar-refractivity contribution is 14.1. The molecule has 3 aromatic carbocycles. The summed E-state index contributed by atoms with van der Waals surface area (Å²) in [5.41, 5.74) is 2.58. The number of nitrogens with one attached hydrogen (secondary N) is 2. The van der Waals surface area contributed by atoms with Crippen molar-refractivity contribution in [2.75, 3.05) is 5.32 Å². The van der Waals surface area contributed by atoms with E-state index >= 15 is 0 Å². The molecular formula is C19H15IN2OS. The second kappa shape index (κ2) is 7.27. The standard InChI is InChI=1S/C19H15IN2OS/c1-12-6-7-15(11-17(12)20)18(23)22-19(24)21-16-9-8-13-4-2-3-5-14(13)10-16/h2-11H,1H3,(H2,21,22,23,24). The first kappa shape index (κ1) is 16.9. The van der Waals surface area contributed by atoms with Crippen LogP contribution in [0.4, 0.5) is 5.69 Å². The third-order valence-electron chi connectivity index (χ3n) is 3.67. The average molecular weight is 446 g/mol. The molecule has 3 rings (SSSR count). The molecule has 0 bridgehead atoms. The van der Waals surface area contributed by atoms with E-state index in [4.69, 9.17) is 12.2 Å². The van der Waals surface area contributed by atoms with Crippen molar-refractivity contribution in [1.82, 2.24) is 5.32 Å². The summed E-state index contributed by atoms with van der Waals surface area (Å²) in [7, 11) is 0. The highest BCUT2D eigenvalue weighted by atomic mass is 127. The molecular weight excluding hydrogens is 431 g/mol. The molecule has 0 fully saturated rings. The Kier molecular flexibility index (Phi) is 5.11. The van der Waals surface area contributed by atoms with Crippen LogP contribution in [0.5, 0.6) is 0 Å². The molecule has 0 atom stereocenters. The van der Waals surface area contributed by atoms with Crippen molar-refractivity contribution in [1.29, 1.82) is 0 Å². The number of carbonyl (C=O) groups excluding carboxylic acids is 1. The minimum absolute atomic E-state index is 0.216. The minimum atomic E-state index is -0.216. The normalized spacial score (nSPS) is 10.4. The predicted molar refractivity (Wildman–Crippen MR) is 112 cm³/mol. The zero-order valence-electron chi connectivity index (χ0n) is 13.0. The molecule has 24 heavy (non-hydrogen) atoms. The Morgan fingerprint density at radius 3 is 2.50 bits per heavy atom. The number of thiocarbonyl (C=S) groups is 1. The molecule has 1 amide bonds. The molecule has 0 aliphatic heterocycles. The van der Waals surface area contributed by atoms with Crippen LogP contribution in [0.3, 0.4) is 0 Å². The topological polar surface area (TPSA) is 41.1 Å². The zero-order valence-corrected chi connectivity index (χ0v) is 15.9. The summed E-state index contributed by atoms with van der Waals surface area (Å²) in [6.45, 7) is 2.01. The van der Waals surface area contributed by atoms with Crippen LogP contribution in [0.15, 0.2) is 60.7 Å². The fourth-order valence-electron chi connectivity index (χ4n) is 2.34. The first-order chi connectivity index (χ1) is 11.5. The molecule has 0 aromatic heterocycles. The SMILES string of the molecule is Cc1ccc(C(=O)NC(=S)Nc2ccc3ccccc3c2)cc1I. The van der Waals surface area contributed by atoms with Crippen molar-refractivity contribution < 1.29 is 4.79 Å². The number of anilines is 1. The van der Waals surface area contributed by atoms with Gasteiger partial charge in [0, 0.05) is 14.8 Å². The molecule has 0 unspecified atom stereocenters. The zero-order chi connectivity index (χ0) is 17.1.